The van der Waals surface area contributed by atoms with Crippen LogP contribution in [0.3, 0.4) is 0 Å². The van der Waals surface area contributed by atoms with Gasteiger partial charge < -0.3 is 25.2 Å². The zero-order valence-corrected chi connectivity index (χ0v) is 25.3. The van der Waals surface area contributed by atoms with Crippen LogP contribution in [0.1, 0.15) is 59.3 Å². The molecule has 45 heavy (non-hydrogen) atoms. The van der Waals surface area contributed by atoms with E-state index < -0.39 is 29.6 Å². The van der Waals surface area contributed by atoms with Crippen LogP contribution >= 0.6 is 0 Å². The number of aromatic carboxylic acids is 1. The maximum Gasteiger partial charge on any atom is 0.407 e. The number of rotatable bonds is 8. The Labute approximate surface area is 262 Å². The van der Waals surface area contributed by atoms with Crippen molar-refractivity contribution in [3.8, 4) is 23.0 Å². The maximum atomic E-state index is 13.5. The summed E-state index contributed by atoms with van der Waals surface area (Å²) in [5, 5.41) is 14.8. The molecule has 8 heteroatoms. The van der Waals surface area contributed by atoms with E-state index in [1.165, 1.54) is 12.1 Å². The molecule has 0 fully saturated rings. The van der Waals surface area contributed by atoms with Crippen LogP contribution in [0.5, 0.6) is 0 Å². The maximum absolute atomic E-state index is 13.5. The Balaban J connectivity index is 1.29. The van der Waals surface area contributed by atoms with E-state index in [0.717, 1.165) is 22.3 Å². The first-order valence-electron chi connectivity index (χ1n) is 14.6. The van der Waals surface area contributed by atoms with Gasteiger partial charge in [0.15, 0.2) is 0 Å². The molecule has 2 amide bonds. The highest BCUT2D eigenvalue weighted by Crippen LogP contribution is 2.44. The minimum atomic E-state index is -1.06. The van der Waals surface area contributed by atoms with Gasteiger partial charge in [-0.15, -0.1) is 0 Å². The summed E-state index contributed by atoms with van der Waals surface area (Å²) < 4.78 is 11.6. The van der Waals surface area contributed by atoms with Gasteiger partial charge in [-0.05, 0) is 73.4 Å². The predicted octanol–water partition coefficient (Wildman–Crippen LogP) is 6.45. The lowest BCUT2D eigenvalue weighted by atomic mass is 9.98. The molecule has 8 nitrogen and oxygen atoms in total. The van der Waals surface area contributed by atoms with Crippen molar-refractivity contribution in [1.29, 1.82) is 0 Å². The number of carboxylic acid groups (broad SMARTS) is 1. The molecule has 0 heterocycles. The lowest BCUT2D eigenvalue weighted by Gasteiger charge is -2.25. The molecule has 4 aromatic rings. The monoisotopic (exact) mass is 602 g/mol. The molecule has 0 spiro atoms. The first-order chi connectivity index (χ1) is 21.6. The van der Waals surface area contributed by atoms with Crippen LogP contribution < -0.4 is 10.6 Å². The summed E-state index contributed by atoms with van der Waals surface area (Å²) in [6, 6.07) is 28.3. The molecule has 0 saturated heterocycles. The van der Waals surface area contributed by atoms with Crippen molar-refractivity contribution in [2.24, 2.45) is 0 Å². The van der Waals surface area contributed by atoms with Gasteiger partial charge in [0.25, 0.3) is 0 Å². The SMILES string of the molecule is CC(C)(C)OC[C@H](NC(=O)OCC1c2ccccc2-c2ccccc21)C(=O)Nc1ccccc1C#Cc1cccc(C(=O)O)c1. The molecule has 4 aromatic carbocycles. The number of benzene rings is 4. The lowest BCUT2D eigenvalue weighted by Crippen LogP contribution is -2.48. The van der Waals surface area contributed by atoms with Crippen molar-refractivity contribution in [2.75, 3.05) is 18.5 Å². The van der Waals surface area contributed by atoms with E-state index >= 15 is 0 Å². The number of ether oxygens (including phenoxy) is 2. The highest BCUT2D eigenvalue weighted by molar-refractivity contribution is 5.97. The van der Waals surface area contributed by atoms with Gasteiger partial charge in [0, 0.05) is 17.0 Å². The molecule has 3 N–H and O–H groups in total. The molecule has 0 aromatic heterocycles. The highest BCUT2D eigenvalue weighted by atomic mass is 16.5. The van der Waals surface area contributed by atoms with Gasteiger partial charge in [0.2, 0.25) is 5.91 Å². The fraction of sp³-hybridized carbons (Fsp3) is 0.216. The van der Waals surface area contributed by atoms with E-state index in [4.69, 9.17) is 9.47 Å². The molecular weight excluding hydrogens is 568 g/mol. The summed E-state index contributed by atoms with van der Waals surface area (Å²) >= 11 is 0. The standard InChI is InChI=1S/C37H34N2O6/c1-37(2,3)45-23-33(39-36(43)44-22-31-29-16-7-5-14-27(29)28-15-6-8-17-30(28)31)34(40)38-32-18-9-4-12-25(32)20-19-24-11-10-13-26(21-24)35(41)42/h4-18,21,31,33H,22-23H2,1-3H3,(H,38,40)(H,39,43)(H,41,42)/t33-/m0/s1. The number of carboxylic acids is 1. The Kier molecular flexibility index (Phi) is 9.31. The summed E-state index contributed by atoms with van der Waals surface area (Å²) in [4.78, 5) is 37.9. The number of alkyl carbamates (subject to hydrolysis) is 1. The number of hydrogen-bond donors (Lipinski definition) is 3. The van der Waals surface area contributed by atoms with Crippen LogP contribution in [0.4, 0.5) is 10.5 Å². The minimum Gasteiger partial charge on any atom is -0.478 e. The van der Waals surface area contributed by atoms with E-state index in [1.54, 1.807) is 36.4 Å². The van der Waals surface area contributed by atoms with Crippen molar-refractivity contribution in [3.63, 3.8) is 0 Å². The summed E-state index contributed by atoms with van der Waals surface area (Å²) in [6.07, 6.45) is -0.735. The van der Waals surface area contributed by atoms with E-state index in [1.807, 2.05) is 57.2 Å². The topological polar surface area (TPSA) is 114 Å². The van der Waals surface area contributed by atoms with E-state index in [2.05, 4.69) is 34.6 Å². The third-order valence-corrected chi connectivity index (χ3v) is 7.27. The molecule has 0 radical (unpaired) electrons. The smallest absolute Gasteiger partial charge is 0.407 e. The van der Waals surface area contributed by atoms with Crippen LogP contribution in [0, 0.1) is 11.8 Å². The molecule has 0 unspecified atom stereocenters. The zero-order chi connectivity index (χ0) is 32.0. The number of carbonyl (C=O) groups excluding carboxylic acids is 2. The van der Waals surface area contributed by atoms with E-state index in [-0.39, 0.29) is 24.7 Å². The molecule has 0 saturated carbocycles. The molecule has 0 aliphatic heterocycles. The van der Waals surface area contributed by atoms with E-state index in [9.17, 15) is 19.5 Å². The number of fused-ring (bicyclic) bond motifs is 3. The van der Waals surface area contributed by atoms with Crippen LogP contribution in [0.25, 0.3) is 11.1 Å². The number of hydrogen-bond acceptors (Lipinski definition) is 5. The Bertz CT molecular complexity index is 1750. The quantitative estimate of drug-likeness (QED) is 0.200. The first-order valence-corrected chi connectivity index (χ1v) is 14.6. The third kappa shape index (κ3) is 7.77. The van der Waals surface area contributed by atoms with E-state index in [0.29, 0.717) is 16.8 Å². The van der Waals surface area contributed by atoms with Gasteiger partial charge in [-0.2, -0.15) is 0 Å². The van der Waals surface area contributed by atoms with Crippen molar-refractivity contribution in [3.05, 3.63) is 125 Å². The van der Waals surface area contributed by atoms with Crippen LogP contribution in [0.2, 0.25) is 0 Å². The van der Waals surface area contributed by atoms with Gasteiger partial charge in [0.05, 0.1) is 23.5 Å². The molecule has 0 bridgehead atoms. The second-order valence-electron chi connectivity index (χ2n) is 11.6. The molecule has 5 rings (SSSR count). The zero-order valence-electron chi connectivity index (χ0n) is 25.3. The van der Waals surface area contributed by atoms with Gasteiger partial charge in [0.1, 0.15) is 12.6 Å². The number of para-hydroxylation sites is 1. The van der Waals surface area contributed by atoms with Crippen molar-refractivity contribution in [1.82, 2.24) is 5.32 Å². The summed E-state index contributed by atoms with van der Waals surface area (Å²) in [6.45, 7) is 5.60. The average Bonchev–Trinajstić information content (AvgIpc) is 3.34. The Morgan fingerprint density at radius 2 is 1.49 bits per heavy atom. The second-order valence-corrected chi connectivity index (χ2v) is 11.6. The minimum absolute atomic E-state index is 0.0879. The Morgan fingerprint density at radius 1 is 0.844 bits per heavy atom. The first kappa shape index (κ1) is 31.0. The molecule has 1 atom stereocenters. The van der Waals surface area contributed by atoms with Crippen LogP contribution in [0.15, 0.2) is 97.1 Å². The molecule has 1 aliphatic carbocycles. The number of anilines is 1. The highest BCUT2D eigenvalue weighted by Gasteiger charge is 2.30. The largest absolute Gasteiger partial charge is 0.478 e. The van der Waals surface area contributed by atoms with Gasteiger partial charge in [-0.1, -0.05) is 78.6 Å². The number of carbonyl (C=O) groups is 3. The predicted molar refractivity (Wildman–Crippen MR) is 172 cm³/mol. The van der Waals surface area contributed by atoms with Gasteiger partial charge in [-0.25, -0.2) is 9.59 Å². The molecule has 1 aliphatic rings. The lowest BCUT2D eigenvalue weighted by molar-refractivity contribution is -0.121. The summed E-state index contributed by atoms with van der Waals surface area (Å²) in [5.74, 6) is 4.29. The van der Waals surface area contributed by atoms with Crippen LogP contribution in [-0.2, 0) is 14.3 Å². The number of amides is 2. The van der Waals surface area contributed by atoms with Gasteiger partial charge >= 0.3 is 12.1 Å². The fourth-order valence-electron chi connectivity index (χ4n) is 5.09. The van der Waals surface area contributed by atoms with Crippen molar-refractivity contribution >= 4 is 23.7 Å². The normalized spacial score (nSPS) is 12.6. The number of nitrogens with one attached hydrogen (secondary N) is 2. The average molecular weight is 603 g/mol. The van der Waals surface area contributed by atoms with Crippen molar-refractivity contribution in [2.45, 2.75) is 38.3 Å². The Hall–Kier alpha value is -5.39. The molecule has 228 valence electrons. The summed E-state index contributed by atoms with van der Waals surface area (Å²) in [7, 11) is 0. The van der Waals surface area contributed by atoms with Crippen LogP contribution in [-0.4, -0.2) is 47.9 Å². The fourth-order valence-corrected chi connectivity index (χ4v) is 5.09. The van der Waals surface area contributed by atoms with Crippen molar-refractivity contribution < 1.29 is 29.0 Å². The molecular formula is C37H34N2O6. The van der Waals surface area contributed by atoms with Gasteiger partial charge in [-0.3, -0.25) is 4.79 Å². The third-order valence-electron chi connectivity index (χ3n) is 7.27. The summed E-state index contributed by atoms with van der Waals surface area (Å²) in [5.41, 5.74) is 5.45. The second kappa shape index (κ2) is 13.5. The Morgan fingerprint density at radius 3 is 2.16 bits per heavy atom.